The van der Waals surface area contributed by atoms with E-state index in [1.54, 1.807) is 13.8 Å². The molecule has 1 fully saturated rings. The minimum Gasteiger partial charge on any atom is -0.480 e. The Labute approximate surface area is 113 Å². The molecule has 19 heavy (non-hydrogen) atoms. The molecule has 7 nitrogen and oxygen atoms in total. The van der Waals surface area contributed by atoms with Gasteiger partial charge in [0.05, 0.1) is 16.8 Å². The first-order valence-electron chi connectivity index (χ1n) is 6.03. The van der Waals surface area contributed by atoms with E-state index in [0.717, 1.165) is 0 Å². The largest absolute Gasteiger partial charge is 0.480 e. The first kappa shape index (κ1) is 16.4. The normalized spacial score (nSPS) is 25.9. The molecule has 3 atom stereocenters. The van der Waals surface area contributed by atoms with E-state index in [1.165, 1.54) is 0 Å². The lowest BCUT2D eigenvalue weighted by Crippen LogP contribution is -2.48. The Kier molecular flexibility index (Phi) is 4.97. The van der Waals surface area contributed by atoms with E-state index < -0.39 is 42.9 Å². The molecule has 0 aromatic rings. The van der Waals surface area contributed by atoms with Gasteiger partial charge in [0.1, 0.15) is 6.04 Å². The molecule has 112 valence electrons. The van der Waals surface area contributed by atoms with E-state index in [2.05, 4.69) is 4.72 Å². The van der Waals surface area contributed by atoms with Crippen LogP contribution in [0.2, 0.25) is 0 Å². The standard InChI is InChI=1S/C10H19NO6S2/c1-3-7(2)9(10(12)13)11-19(16,17)8-4-5-18(14,15)6-8/h7-9,11H,3-6H2,1-2H3,(H,12,13). The Bertz CT molecular complexity index is 538. The fraction of sp³-hybridized carbons (Fsp3) is 0.900. The summed E-state index contributed by atoms with van der Waals surface area (Å²) in [4.78, 5) is 11.1. The van der Waals surface area contributed by atoms with Crippen LogP contribution in [0.25, 0.3) is 0 Å². The molecule has 9 heteroatoms. The van der Waals surface area contributed by atoms with Crippen molar-refractivity contribution >= 4 is 25.8 Å². The maximum atomic E-state index is 12.0. The lowest BCUT2D eigenvalue weighted by Gasteiger charge is -2.21. The van der Waals surface area contributed by atoms with Crippen LogP contribution in [0.1, 0.15) is 26.7 Å². The second kappa shape index (κ2) is 5.76. The first-order valence-corrected chi connectivity index (χ1v) is 9.40. The van der Waals surface area contributed by atoms with Gasteiger partial charge in [-0.2, -0.15) is 0 Å². The smallest absolute Gasteiger partial charge is 0.322 e. The van der Waals surface area contributed by atoms with Crippen LogP contribution in [0.5, 0.6) is 0 Å². The molecule has 0 aromatic carbocycles. The molecule has 0 saturated carbocycles. The molecule has 1 rings (SSSR count). The predicted molar refractivity (Wildman–Crippen MR) is 70.0 cm³/mol. The minimum absolute atomic E-state index is 0.0184. The van der Waals surface area contributed by atoms with Crippen LogP contribution in [-0.2, 0) is 24.7 Å². The SMILES string of the molecule is CCC(C)C(NS(=O)(=O)C1CCS(=O)(=O)C1)C(=O)O. The summed E-state index contributed by atoms with van der Waals surface area (Å²) in [6.45, 7) is 3.39. The van der Waals surface area contributed by atoms with E-state index in [0.29, 0.717) is 6.42 Å². The monoisotopic (exact) mass is 313 g/mol. The summed E-state index contributed by atoms with van der Waals surface area (Å²) >= 11 is 0. The molecule has 0 radical (unpaired) electrons. The fourth-order valence-corrected chi connectivity index (χ4v) is 6.26. The van der Waals surface area contributed by atoms with Crippen molar-refractivity contribution in [3.8, 4) is 0 Å². The summed E-state index contributed by atoms with van der Waals surface area (Å²) < 4.78 is 48.7. The van der Waals surface area contributed by atoms with Crippen molar-refractivity contribution in [3.63, 3.8) is 0 Å². The maximum Gasteiger partial charge on any atom is 0.322 e. The van der Waals surface area contributed by atoms with E-state index in [9.17, 15) is 21.6 Å². The van der Waals surface area contributed by atoms with Crippen LogP contribution in [0.3, 0.4) is 0 Å². The topological polar surface area (TPSA) is 118 Å². The minimum atomic E-state index is -3.94. The third-order valence-corrected chi connectivity index (χ3v) is 7.24. The molecule has 1 aliphatic rings. The van der Waals surface area contributed by atoms with Crippen molar-refractivity contribution in [2.24, 2.45) is 5.92 Å². The molecule has 2 N–H and O–H groups in total. The number of hydrogen-bond donors (Lipinski definition) is 2. The van der Waals surface area contributed by atoms with Gasteiger partial charge in [-0.15, -0.1) is 0 Å². The van der Waals surface area contributed by atoms with Gasteiger partial charge in [-0.1, -0.05) is 20.3 Å². The van der Waals surface area contributed by atoms with Crippen LogP contribution in [-0.4, -0.2) is 50.7 Å². The quantitative estimate of drug-likeness (QED) is 0.688. The Morgan fingerprint density at radius 1 is 1.47 bits per heavy atom. The Morgan fingerprint density at radius 2 is 2.05 bits per heavy atom. The molecule has 0 spiro atoms. The maximum absolute atomic E-state index is 12.0. The van der Waals surface area contributed by atoms with E-state index in [-0.39, 0.29) is 18.1 Å². The van der Waals surface area contributed by atoms with E-state index in [1.807, 2.05) is 0 Å². The summed E-state index contributed by atoms with van der Waals surface area (Å²) in [5.41, 5.74) is 0. The van der Waals surface area contributed by atoms with Crippen molar-refractivity contribution in [3.05, 3.63) is 0 Å². The molecular formula is C10H19NO6S2. The lowest BCUT2D eigenvalue weighted by atomic mass is 10.0. The molecule has 0 amide bonds. The second-order valence-corrected chi connectivity index (χ2v) is 9.11. The van der Waals surface area contributed by atoms with Crippen LogP contribution < -0.4 is 4.72 Å². The van der Waals surface area contributed by atoms with Crippen LogP contribution >= 0.6 is 0 Å². The third kappa shape index (κ3) is 4.15. The first-order chi connectivity index (χ1) is 8.59. The zero-order valence-corrected chi connectivity index (χ0v) is 12.5. The zero-order chi connectivity index (χ0) is 14.8. The number of aliphatic carboxylic acids is 1. The van der Waals surface area contributed by atoms with Crippen molar-refractivity contribution in [1.29, 1.82) is 0 Å². The summed E-state index contributed by atoms with van der Waals surface area (Å²) in [7, 11) is -7.27. The van der Waals surface area contributed by atoms with Gasteiger partial charge in [0.2, 0.25) is 10.0 Å². The van der Waals surface area contributed by atoms with Gasteiger partial charge in [0.15, 0.2) is 9.84 Å². The number of hydrogen-bond acceptors (Lipinski definition) is 5. The van der Waals surface area contributed by atoms with Crippen molar-refractivity contribution in [2.45, 2.75) is 38.0 Å². The number of carboxylic acid groups (broad SMARTS) is 1. The highest BCUT2D eigenvalue weighted by Gasteiger charge is 2.39. The van der Waals surface area contributed by atoms with Gasteiger partial charge in [-0.25, -0.2) is 21.6 Å². The zero-order valence-electron chi connectivity index (χ0n) is 10.9. The lowest BCUT2D eigenvalue weighted by molar-refractivity contribution is -0.140. The average Bonchev–Trinajstić information content (AvgIpc) is 2.66. The number of sulfonamides is 1. The Balaban J connectivity index is 2.87. The van der Waals surface area contributed by atoms with E-state index >= 15 is 0 Å². The van der Waals surface area contributed by atoms with Crippen molar-refractivity contribution < 1.29 is 26.7 Å². The Hall–Kier alpha value is -0.670. The number of carbonyl (C=O) groups is 1. The van der Waals surface area contributed by atoms with E-state index in [4.69, 9.17) is 5.11 Å². The van der Waals surface area contributed by atoms with Gasteiger partial charge < -0.3 is 5.11 Å². The molecule has 1 saturated heterocycles. The summed E-state index contributed by atoms with van der Waals surface area (Å²) in [6.07, 6.45) is 0.521. The van der Waals surface area contributed by atoms with Gasteiger partial charge in [-0.3, -0.25) is 4.79 Å². The number of nitrogens with one attached hydrogen (secondary N) is 1. The number of rotatable bonds is 6. The molecule has 1 aliphatic heterocycles. The summed E-state index contributed by atoms with van der Waals surface area (Å²) in [5.74, 6) is -2.22. The fourth-order valence-electron chi connectivity index (χ4n) is 1.92. The molecule has 3 unspecified atom stereocenters. The van der Waals surface area contributed by atoms with Gasteiger partial charge in [0.25, 0.3) is 0 Å². The van der Waals surface area contributed by atoms with Crippen LogP contribution in [0.15, 0.2) is 0 Å². The van der Waals surface area contributed by atoms with Crippen LogP contribution in [0.4, 0.5) is 0 Å². The van der Waals surface area contributed by atoms with Crippen molar-refractivity contribution in [2.75, 3.05) is 11.5 Å². The second-order valence-electron chi connectivity index (χ2n) is 4.89. The molecular weight excluding hydrogens is 294 g/mol. The summed E-state index contributed by atoms with van der Waals surface area (Å²) in [5, 5.41) is 7.99. The van der Waals surface area contributed by atoms with Gasteiger partial charge in [0, 0.05) is 0 Å². The molecule has 0 aromatic heterocycles. The number of carboxylic acids is 1. The third-order valence-electron chi connectivity index (χ3n) is 3.40. The summed E-state index contributed by atoms with van der Waals surface area (Å²) in [6, 6.07) is -1.22. The molecule has 0 aliphatic carbocycles. The predicted octanol–water partition coefficient (Wildman–Crippen LogP) is -0.408. The highest BCUT2D eigenvalue weighted by atomic mass is 32.2. The molecule has 0 bridgehead atoms. The van der Waals surface area contributed by atoms with Crippen LogP contribution in [0, 0.1) is 5.92 Å². The van der Waals surface area contributed by atoms with Gasteiger partial charge >= 0.3 is 5.97 Å². The number of sulfone groups is 1. The van der Waals surface area contributed by atoms with Crippen molar-refractivity contribution in [1.82, 2.24) is 4.72 Å². The highest BCUT2D eigenvalue weighted by molar-refractivity contribution is 7.95. The average molecular weight is 313 g/mol. The highest BCUT2D eigenvalue weighted by Crippen LogP contribution is 2.20. The Morgan fingerprint density at radius 3 is 2.42 bits per heavy atom. The van der Waals surface area contributed by atoms with Gasteiger partial charge in [-0.05, 0) is 12.3 Å². The molecule has 1 heterocycles.